The molecule has 6 nitrogen and oxygen atoms in total. The molecule has 2 aromatic rings. The fourth-order valence-corrected chi connectivity index (χ4v) is 5.82. The number of piperazine rings is 1. The number of halogens is 3. The van der Waals surface area contributed by atoms with Crippen LogP contribution in [0.25, 0.3) is 0 Å². The lowest BCUT2D eigenvalue weighted by atomic mass is 9.96. The number of amides is 1. The van der Waals surface area contributed by atoms with Crippen molar-refractivity contribution in [3.05, 3.63) is 53.6 Å². The van der Waals surface area contributed by atoms with Crippen molar-refractivity contribution in [3.8, 4) is 0 Å². The second-order valence-electron chi connectivity index (χ2n) is 7.99. The molecule has 0 N–H and O–H groups in total. The number of hydrogen-bond donors (Lipinski definition) is 0. The summed E-state index contributed by atoms with van der Waals surface area (Å²) in [5.74, 6) is 1.68. The average molecular weight is 453 g/mol. The first-order chi connectivity index (χ1) is 14.7. The summed E-state index contributed by atoms with van der Waals surface area (Å²) in [6.45, 7) is 0.747. The Kier molecular flexibility index (Phi) is 5.92. The number of hydrogen-bond acceptors (Lipinski definition) is 5. The normalized spacial score (nSPS) is 26.7. The van der Waals surface area contributed by atoms with Crippen LogP contribution in [0.15, 0.2) is 30.6 Å². The largest absolute Gasteiger partial charge is 0.337 e. The third-order valence-corrected chi connectivity index (χ3v) is 7.88. The molecule has 0 aliphatic carbocycles. The molecular weight excluding hydrogens is 429 g/mol. The zero-order valence-electron chi connectivity index (χ0n) is 16.8. The Morgan fingerprint density at radius 3 is 2.45 bits per heavy atom. The maximum Gasteiger partial charge on any atom is 0.226 e. The maximum atomic E-state index is 14.7. The molecule has 0 bridgehead atoms. The van der Waals surface area contributed by atoms with Crippen LogP contribution in [0.3, 0.4) is 0 Å². The highest BCUT2D eigenvalue weighted by Gasteiger charge is 2.38. The topological polar surface area (TPSA) is 66.4 Å². The van der Waals surface area contributed by atoms with Crippen LogP contribution >= 0.6 is 0 Å². The Morgan fingerprint density at radius 2 is 1.77 bits per heavy atom. The van der Waals surface area contributed by atoms with E-state index in [1.165, 1.54) is 12.1 Å². The monoisotopic (exact) mass is 452 g/mol. The van der Waals surface area contributed by atoms with Crippen molar-refractivity contribution in [1.82, 2.24) is 14.9 Å². The summed E-state index contributed by atoms with van der Waals surface area (Å²) in [5, 5.41) is 0. The molecule has 1 atom stereocenters. The van der Waals surface area contributed by atoms with E-state index in [1.54, 1.807) is 9.80 Å². The molecular formula is C21H23F3N4O2S. The minimum absolute atomic E-state index is 0.0666. The van der Waals surface area contributed by atoms with Crippen molar-refractivity contribution >= 4 is 27.2 Å². The van der Waals surface area contributed by atoms with Gasteiger partial charge in [-0.15, -0.1) is 0 Å². The van der Waals surface area contributed by atoms with Gasteiger partial charge in [0.25, 0.3) is 0 Å². The lowest BCUT2D eigenvalue weighted by Gasteiger charge is -2.43. The molecule has 3 heterocycles. The number of rotatable bonds is 3. The SMILES string of the molecule is C=S1(=O)CCC(C(=O)N2CCN(c3ncc(F)cn3)CC2c2cccc(F)c2F)CC1. The van der Waals surface area contributed by atoms with E-state index >= 15 is 0 Å². The highest BCUT2D eigenvalue weighted by atomic mass is 32.2. The van der Waals surface area contributed by atoms with Crippen molar-refractivity contribution < 1.29 is 22.2 Å². The van der Waals surface area contributed by atoms with Gasteiger partial charge in [0.2, 0.25) is 11.9 Å². The van der Waals surface area contributed by atoms with Crippen molar-refractivity contribution in [1.29, 1.82) is 0 Å². The van der Waals surface area contributed by atoms with E-state index < -0.39 is 33.0 Å². The predicted octanol–water partition coefficient (Wildman–Crippen LogP) is 2.41. The molecule has 10 heteroatoms. The summed E-state index contributed by atoms with van der Waals surface area (Å²) in [7, 11) is -2.14. The Hall–Kier alpha value is -2.62. The Labute approximate surface area is 179 Å². The summed E-state index contributed by atoms with van der Waals surface area (Å²) < 4.78 is 54.0. The Balaban J connectivity index is 1.63. The third-order valence-electron chi connectivity index (χ3n) is 5.92. The highest BCUT2D eigenvalue weighted by molar-refractivity contribution is 8.00. The number of carbonyl (C=O) groups excluding carboxylic acids is 1. The van der Waals surface area contributed by atoms with Crippen LogP contribution in [-0.4, -0.2) is 62.0 Å². The Bertz CT molecular complexity index is 1060. The second-order valence-corrected chi connectivity index (χ2v) is 10.7. The van der Waals surface area contributed by atoms with Crippen molar-refractivity contribution in [2.24, 2.45) is 5.92 Å². The molecule has 1 aromatic heterocycles. The number of anilines is 1. The number of aromatic nitrogens is 2. The van der Waals surface area contributed by atoms with E-state index in [0.29, 0.717) is 30.9 Å². The summed E-state index contributed by atoms with van der Waals surface area (Å²) in [4.78, 5) is 24.6. The molecule has 2 fully saturated rings. The van der Waals surface area contributed by atoms with Gasteiger partial charge in [0.1, 0.15) is 0 Å². The second kappa shape index (κ2) is 8.49. The van der Waals surface area contributed by atoms with Crippen LogP contribution in [0.5, 0.6) is 0 Å². The molecule has 2 saturated heterocycles. The van der Waals surface area contributed by atoms with Gasteiger partial charge in [-0.2, -0.15) is 0 Å². The van der Waals surface area contributed by atoms with Crippen molar-refractivity contribution in [2.45, 2.75) is 18.9 Å². The lowest BCUT2D eigenvalue weighted by Crippen LogP contribution is -2.53. The average Bonchev–Trinajstić information content (AvgIpc) is 2.75. The van der Waals surface area contributed by atoms with Crippen molar-refractivity contribution in [2.75, 3.05) is 36.0 Å². The van der Waals surface area contributed by atoms with Gasteiger partial charge in [-0.3, -0.25) is 9.00 Å². The van der Waals surface area contributed by atoms with Gasteiger partial charge in [-0.25, -0.2) is 23.1 Å². The van der Waals surface area contributed by atoms with Crippen LogP contribution in [-0.2, 0) is 14.3 Å². The zero-order chi connectivity index (χ0) is 22.2. The summed E-state index contributed by atoms with van der Waals surface area (Å²) in [6.07, 6.45) is 2.99. The molecule has 1 aromatic carbocycles. The van der Waals surface area contributed by atoms with E-state index in [9.17, 15) is 22.2 Å². The maximum absolute atomic E-state index is 14.7. The van der Waals surface area contributed by atoms with Gasteiger partial charge in [0.15, 0.2) is 17.5 Å². The van der Waals surface area contributed by atoms with Gasteiger partial charge in [-0.1, -0.05) is 12.1 Å². The lowest BCUT2D eigenvalue weighted by molar-refractivity contribution is -0.139. The molecule has 1 amide bonds. The van der Waals surface area contributed by atoms with Crippen LogP contribution in [0.4, 0.5) is 19.1 Å². The predicted molar refractivity (Wildman–Crippen MR) is 113 cm³/mol. The number of carbonyl (C=O) groups is 1. The first kappa shape index (κ1) is 21.6. The summed E-state index contributed by atoms with van der Waals surface area (Å²) in [5.41, 5.74) is 0.0666. The summed E-state index contributed by atoms with van der Waals surface area (Å²) >= 11 is 0. The van der Waals surface area contributed by atoms with Gasteiger partial charge < -0.3 is 9.80 Å². The fraction of sp³-hybridized carbons (Fsp3) is 0.429. The van der Waals surface area contributed by atoms with Crippen molar-refractivity contribution in [3.63, 3.8) is 0 Å². The molecule has 0 spiro atoms. The van der Waals surface area contributed by atoms with Crippen LogP contribution in [0.2, 0.25) is 0 Å². The van der Waals surface area contributed by atoms with E-state index in [1.807, 2.05) is 0 Å². The molecule has 2 aliphatic rings. The fourth-order valence-electron chi connectivity index (χ4n) is 4.18. The first-order valence-electron chi connectivity index (χ1n) is 10.0. The number of nitrogens with zero attached hydrogens (tertiary/aromatic N) is 4. The zero-order valence-corrected chi connectivity index (χ0v) is 17.7. The first-order valence-corrected chi connectivity index (χ1v) is 12.1. The Morgan fingerprint density at radius 1 is 1.10 bits per heavy atom. The molecule has 0 radical (unpaired) electrons. The molecule has 166 valence electrons. The summed E-state index contributed by atoms with van der Waals surface area (Å²) in [6, 6.07) is 3.13. The van der Waals surface area contributed by atoms with Crippen LogP contribution in [0, 0.1) is 23.4 Å². The van der Waals surface area contributed by atoms with Gasteiger partial charge in [-0.05, 0) is 34.3 Å². The molecule has 4 rings (SSSR count). The highest BCUT2D eigenvalue weighted by Crippen LogP contribution is 2.33. The minimum atomic E-state index is -2.14. The molecule has 31 heavy (non-hydrogen) atoms. The van der Waals surface area contributed by atoms with Crippen LogP contribution < -0.4 is 4.90 Å². The third kappa shape index (κ3) is 4.53. The van der Waals surface area contributed by atoms with E-state index in [-0.39, 0.29) is 36.4 Å². The smallest absolute Gasteiger partial charge is 0.226 e. The number of benzene rings is 1. The van der Waals surface area contributed by atoms with E-state index in [4.69, 9.17) is 0 Å². The quantitative estimate of drug-likeness (QED) is 0.670. The van der Waals surface area contributed by atoms with Gasteiger partial charge >= 0.3 is 0 Å². The van der Waals surface area contributed by atoms with E-state index in [2.05, 4.69) is 15.8 Å². The standard InChI is InChI=1S/C21H23F3N4O2S/c1-31(30)9-5-14(6-10-31)20(29)28-8-7-27(21-25-11-15(22)12-26-21)13-18(28)16-3-2-4-17(23)19(16)24/h2-4,11-12,14,18H,1,5-10,13H2. The molecule has 2 aliphatic heterocycles. The van der Waals surface area contributed by atoms with Gasteiger partial charge in [0, 0.05) is 42.6 Å². The van der Waals surface area contributed by atoms with Crippen LogP contribution in [0.1, 0.15) is 24.4 Å². The van der Waals surface area contributed by atoms with Gasteiger partial charge in [0.05, 0.1) is 18.4 Å². The molecule has 0 saturated carbocycles. The van der Waals surface area contributed by atoms with E-state index in [0.717, 1.165) is 18.5 Å². The molecule has 1 unspecified atom stereocenters. The minimum Gasteiger partial charge on any atom is -0.337 e.